The first-order valence-electron chi connectivity index (χ1n) is 17.5. The van der Waals surface area contributed by atoms with E-state index in [0.717, 1.165) is 0 Å². The minimum absolute atomic E-state index is 0.639. The molecule has 220 valence electrons. The molecule has 0 fully saturated rings. The highest BCUT2D eigenvalue weighted by molar-refractivity contribution is 4.96. The van der Waals surface area contributed by atoms with Gasteiger partial charge in [0.25, 0.3) is 0 Å². The van der Waals surface area contributed by atoms with Crippen LogP contribution in [0, 0.1) is 0 Å². The zero-order chi connectivity index (χ0) is 26.7. The molecule has 0 saturated heterocycles. The van der Waals surface area contributed by atoms with Gasteiger partial charge in [-0.1, -0.05) is 168 Å². The summed E-state index contributed by atoms with van der Waals surface area (Å²) in [5.74, 6) is 0. The molecule has 1 atom stereocenters. The first-order chi connectivity index (χ1) is 18.3. The van der Waals surface area contributed by atoms with Crippen molar-refractivity contribution in [3.63, 3.8) is 0 Å². The molecular formula is C35H70N2. The summed E-state index contributed by atoms with van der Waals surface area (Å²) in [4.78, 5) is 5.30. The van der Waals surface area contributed by atoms with E-state index < -0.39 is 0 Å². The van der Waals surface area contributed by atoms with Crippen LogP contribution >= 0.6 is 0 Å². The summed E-state index contributed by atoms with van der Waals surface area (Å²) in [7, 11) is 0. The van der Waals surface area contributed by atoms with Gasteiger partial charge >= 0.3 is 0 Å². The summed E-state index contributed by atoms with van der Waals surface area (Å²) in [6.45, 7) is 9.42. The predicted octanol–water partition coefficient (Wildman–Crippen LogP) is 12.0. The highest BCUT2D eigenvalue weighted by atomic mass is 15.4. The summed E-state index contributed by atoms with van der Waals surface area (Å²) >= 11 is 0. The lowest BCUT2D eigenvalue weighted by Gasteiger charge is -2.33. The summed E-state index contributed by atoms with van der Waals surface area (Å²) in [5, 5.41) is 0. The van der Waals surface area contributed by atoms with Crippen LogP contribution in [0.1, 0.15) is 194 Å². The van der Waals surface area contributed by atoms with Crippen LogP contribution in [-0.2, 0) is 0 Å². The zero-order valence-corrected chi connectivity index (χ0v) is 26.1. The lowest BCUT2D eigenvalue weighted by molar-refractivity contribution is 0.137. The van der Waals surface area contributed by atoms with Gasteiger partial charge in [0.1, 0.15) is 6.17 Å². The highest BCUT2D eigenvalue weighted by Crippen LogP contribution is 2.23. The molecule has 0 amide bonds. The summed E-state index contributed by atoms with van der Waals surface area (Å²) in [6.07, 6.45) is 44.1. The molecule has 37 heavy (non-hydrogen) atoms. The standard InChI is InChI=1S/C35H70N2/c1-4-7-9-11-13-15-17-18-19-20-21-22-24-26-28-30-35-36(31-6-3)33-34-37(35)32-29-27-25-23-16-14-12-10-8-5-2/h33-35H,4-32H2,1-3H3. The third kappa shape index (κ3) is 20.0. The van der Waals surface area contributed by atoms with E-state index in [9.17, 15) is 0 Å². The van der Waals surface area contributed by atoms with Crippen molar-refractivity contribution < 1.29 is 0 Å². The van der Waals surface area contributed by atoms with E-state index in [4.69, 9.17) is 0 Å². The Morgan fingerprint density at radius 3 is 1.05 bits per heavy atom. The topological polar surface area (TPSA) is 6.48 Å². The summed E-state index contributed by atoms with van der Waals surface area (Å²) in [5.41, 5.74) is 0. The van der Waals surface area contributed by atoms with Crippen molar-refractivity contribution in [1.29, 1.82) is 0 Å². The van der Waals surface area contributed by atoms with E-state index in [2.05, 4.69) is 43.0 Å². The Balaban J connectivity index is 2.00. The van der Waals surface area contributed by atoms with E-state index in [1.165, 1.54) is 186 Å². The van der Waals surface area contributed by atoms with Crippen LogP contribution < -0.4 is 0 Å². The van der Waals surface area contributed by atoms with Gasteiger partial charge in [-0.05, 0) is 25.7 Å². The average Bonchev–Trinajstić information content (AvgIpc) is 3.28. The lowest BCUT2D eigenvalue weighted by Crippen LogP contribution is -2.39. The van der Waals surface area contributed by atoms with Crippen LogP contribution in [-0.4, -0.2) is 29.1 Å². The third-order valence-electron chi connectivity index (χ3n) is 8.53. The first kappa shape index (κ1) is 34.4. The molecular weight excluding hydrogens is 448 g/mol. The van der Waals surface area contributed by atoms with Gasteiger partial charge in [0.2, 0.25) is 0 Å². The fourth-order valence-electron chi connectivity index (χ4n) is 6.08. The highest BCUT2D eigenvalue weighted by Gasteiger charge is 2.24. The Bertz CT molecular complexity index is 474. The van der Waals surface area contributed by atoms with Crippen LogP contribution in [0.5, 0.6) is 0 Å². The number of hydrogen-bond acceptors (Lipinski definition) is 2. The summed E-state index contributed by atoms with van der Waals surface area (Å²) in [6, 6.07) is 0. The molecule has 1 aliphatic heterocycles. The number of hydrogen-bond donors (Lipinski definition) is 0. The molecule has 1 aliphatic rings. The van der Waals surface area contributed by atoms with Crippen molar-refractivity contribution in [2.24, 2.45) is 0 Å². The maximum absolute atomic E-state index is 2.67. The second-order valence-corrected chi connectivity index (χ2v) is 12.2. The summed E-state index contributed by atoms with van der Waals surface area (Å²) < 4.78 is 0. The molecule has 0 saturated carbocycles. The van der Waals surface area contributed by atoms with Gasteiger partial charge in [-0.25, -0.2) is 0 Å². The maximum Gasteiger partial charge on any atom is 0.101 e. The molecule has 1 unspecified atom stereocenters. The third-order valence-corrected chi connectivity index (χ3v) is 8.53. The Morgan fingerprint density at radius 2 is 0.676 bits per heavy atom. The molecule has 0 spiro atoms. The molecule has 0 aromatic heterocycles. The molecule has 2 nitrogen and oxygen atoms in total. The van der Waals surface area contributed by atoms with Gasteiger partial charge in [-0.2, -0.15) is 0 Å². The van der Waals surface area contributed by atoms with Gasteiger partial charge in [-0.15, -0.1) is 0 Å². The molecule has 0 aliphatic carbocycles. The molecule has 0 bridgehead atoms. The Kier molecular flexibility index (Phi) is 25.0. The predicted molar refractivity (Wildman–Crippen MR) is 168 cm³/mol. The molecule has 0 aromatic carbocycles. The lowest BCUT2D eigenvalue weighted by atomic mass is 10.0. The SMILES string of the molecule is CCCCCCCCCCCCCCCCCC1N(CCC)C=CN1CCCCCCCCCCCC. The largest absolute Gasteiger partial charge is 0.356 e. The van der Waals surface area contributed by atoms with Gasteiger partial charge in [-0.3, -0.25) is 0 Å². The van der Waals surface area contributed by atoms with Gasteiger partial charge in [0, 0.05) is 25.5 Å². The van der Waals surface area contributed by atoms with Crippen molar-refractivity contribution in [2.45, 2.75) is 200 Å². The Labute approximate surface area is 235 Å². The fraction of sp³-hybridized carbons (Fsp3) is 0.943. The van der Waals surface area contributed by atoms with E-state index >= 15 is 0 Å². The molecule has 1 heterocycles. The smallest absolute Gasteiger partial charge is 0.101 e. The average molecular weight is 519 g/mol. The first-order valence-corrected chi connectivity index (χ1v) is 17.5. The molecule has 0 radical (unpaired) electrons. The van der Waals surface area contributed by atoms with Crippen LogP contribution in [0.4, 0.5) is 0 Å². The maximum atomic E-state index is 2.67. The molecule has 0 N–H and O–H groups in total. The normalized spacial score (nSPS) is 15.4. The minimum atomic E-state index is 0.639. The number of unbranched alkanes of at least 4 members (excludes halogenated alkanes) is 23. The van der Waals surface area contributed by atoms with Crippen LogP contribution in [0.3, 0.4) is 0 Å². The van der Waals surface area contributed by atoms with Crippen LogP contribution in [0.15, 0.2) is 12.4 Å². The van der Waals surface area contributed by atoms with Crippen molar-refractivity contribution in [1.82, 2.24) is 9.80 Å². The zero-order valence-electron chi connectivity index (χ0n) is 26.1. The van der Waals surface area contributed by atoms with Crippen molar-refractivity contribution in [3.05, 3.63) is 12.4 Å². The van der Waals surface area contributed by atoms with Gasteiger partial charge in [0.05, 0.1) is 0 Å². The molecule has 2 heteroatoms. The van der Waals surface area contributed by atoms with Gasteiger partial charge in [0.15, 0.2) is 0 Å². The quantitative estimate of drug-likeness (QED) is 0.0908. The van der Waals surface area contributed by atoms with Crippen LogP contribution in [0.25, 0.3) is 0 Å². The number of nitrogens with zero attached hydrogens (tertiary/aromatic N) is 2. The second-order valence-electron chi connectivity index (χ2n) is 12.2. The number of rotatable bonds is 29. The Hall–Kier alpha value is -0.660. The second kappa shape index (κ2) is 26.9. The van der Waals surface area contributed by atoms with Crippen LogP contribution in [0.2, 0.25) is 0 Å². The molecule has 1 rings (SSSR count). The Morgan fingerprint density at radius 1 is 0.351 bits per heavy atom. The van der Waals surface area contributed by atoms with Crippen molar-refractivity contribution in [2.75, 3.05) is 13.1 Å². The fourth-order valence-corrected chi connectivity index (χ4v) is 6.08. The minimum Gasteiger partial charge on any atom is -0.356 e. The monoisotopic (exact) mass is 519 g/mol. The van der Waals surface area contributed by atoms with E-state index in [1.54, 1.807) is 0 Å². The van der Waals surface area contributed by atoms with E-state index in [-0.39, 0.29) is 0 Å². The van der Waals surface area contributed by atoms with E-state index in [1.807, 2.05) is 0 Å². The van der Waals surface area contributed by atoms with Gasteiger partial charge < -0.3 is 9.80 Å². The van der Waals surface area contributed by atoms with Crippen molar-refractivity contribution >= 4 is 0 Å². The van der Waals surface area contributed by atoms with E-state index in [0.29, 0.717) is 6.17 Å². The van der Waals surface area contributed by atoms with Crippen molar-refractivity contribution in [3.8, 4) is 0 Å². The molecule has 0 aromatic rings.